The van der Waals surface area contributed by atoms with Crippen LogP contribution < -0.4 is 10.1 Å². The number of alkyl halides is 1. The monoisotopic (exact) mass is 299 g/mol. The molecule has 1 aromatic carbocycles. The summed E-state index contributed by atoms with van der Waals surface area (Å²) < 4.78 is 5.73. The fourth-order valence-corrected chi connectivity index (χ4v) is 1.99. The number of nitrogens with one attached hydrogen (secondary N) is 1. The minimum atomic E-state index is 0.809. The summed E-state index contributed by atoms with van der Waals surface area (Å²) in [5, 5.41) is 4.38. The van der Waals surface area contributed by atoms with Gasteiger partial charge in [0.05, 0.1) is 6.61 Å². The summed E-state index contributed by atoms with van der Waals surface area (Å²) >= 11 is 3.43. The summed E-state index contributed by atoms with van der Waals surface area (Å²) in [5.74, 6) is 0.984. The van der Waals surface area contributed by atoms with Crippen LogP contribution in [0.1, 0.15) is 30.9 Å². The lowest BCUT2D eigenvalue weighted by atomic mass is 10.1. The molecule has 3 heteroatoms. The van der Waals surface area contributed by atoms with E-state index in [9.17, 15) is 0 Å². The number of anilines is 1. The average molecular weight is 300 g/mol. The van der Waals surface area contributed by atoms with Crippen molar-refractivity contribution >= 4 is 21.6 Å². The highest BCUT2D eigenvalue weighted by atomic mass is 79.9. The van der Waals surface area contributed by atoms with Crippen LogP contribution in [0.2, 0.25) is 0 Å². The van der Waals surface area contributed by atoms with Gasteiger partial charge in [-0.25, -0.2) is 0 Å². The van der Waals surface area contributed by atoms with Gasteiger partial charge in [0, 0.05) is 17.6 Å². The number of rotatable bonds is 7. The van der Waals surface area contributed by atoms with Crippen LogP contribution >= 0.6 is 15.9 Å². The van der Waals surface area contributed by atoms with Gasteiger partial charge in [-0.1, -0.05) is 29.3 Å². The minimum absolute atomic E-state index is 0.809. The van der Waals surface area contributed by atoms with Crippen LogP contribution in [0.25, 0.3) is 0 Å². The molecule has 0 heterocycles. The van der Waals surface area contributed by atoms with Gasteiger partial charge in [-0.2, -0.15) is 0 Å². The summed E-state index contributed by atoms with van der Waals surface area (Å²) in [6.45, 7) is 8.17. The first-order chi connectivity index (χ1) is 8.19. The Morgan fingerprint density at radius 1 is 1.24 bits per heavy atom. The van der Waals surface area contributed by atoms with Crippen LogP contribution in [0.4, 0.5) is 5.69 Å². The molecule has 1 rings (SSSR count). The quantitative estimate of drug-likeness (QED) is 0.599. The summed E-state index contributed by atoms with van der Waals surface area (Å²) in [4.78, 5) is 0. The molecule has 0 saturated heterocycles. The first-order valence-electron chi connectivity index (χ1n) is 6.23. The van der Waals surface area contributed by atoms with E-state index in [2.05, 4.69) is 54.2 Å². The Morgan fingerprint density at radius 3 is 2.41 bits per heavy atom. The van der Waals surface area contributed by atoms with E-state index in [0.29, 0.717) is 0 Å². The molecule has 0 bridgehead atoms. The molecule has 0 aliphatic carbocycles. The molecule has 0 radical (unpaired) electrons. The summed E-state index contributed by atoms with van der Waals surface area (Å²) in [7, 11) is 0. The number of halogens is 1. The molecule has 0 aromatic heterocycles. The lowest BCUT2D eigenvalue weighted by Crippen LogP contribution is -2.06. The predicted molar refractivity (Wildman–Crippen MR) is 78.6 cm³/mol. The Morgan fingerprint density at radius 2 is 1.88 bits per heavy atom. The number of benzene rings is 1. The van der Waals surface area contributed by atoms with Crippen molar-refractivity contribution in [2.75, 3.05) is 23.8 Å². The first-order valence-corrected chi connectivity index (χ1v) is 7.35. The average Bonchev–Trinajstić information content (AvgIpc) is 2.28. The highest BCUT2D eigenvalue weighted by Crippen LogP contribution is 2.26. The molecule has 0 fully saturated rings. The van der Waals surface area contributed by atoms with E-state index in [1.807, 2.05) is 0 Å². The third kappa shape index (κ3) is 4.58. The van der Waals surface area contributed by atoms with Crippen molar-refractivity contribution in [2.24, 2.45) is 0 Å². The van der Waals surface area contributed by atoms with Crippen molar-refractivity contribution in [3.63, 3.8) is 0 Å². The maximum absolute atomic E-state index is 5.73. The highest BCUT2D eigenvalue weighted by molar-refractivity contribution is 9.09. The van der Waals surface area contributed by atoms with Crippen molar-refractivity contribution < 1.29 is 4.74 Å². The Kier molecular flexibility index (Phi) is 6.41. The number of hydrogen-bond acceptors (Lipinski definition) is 2. The summed E-state index contributed by atoms with van der Waals surface area (Å²) in [6.07, 6.45) is 2.28. The molecule has 1 aromatic rings. The highest BCUT2D eigenvalue weighted by Gasteiger charge is 2.05. The van der Waals surface area contributed by atoms with Gasteiger partial charge < -0.3 is 10.1 Å². The van der Waals surface area contributed by atoms with Crippen LogP contribution in [-0.4, -0.2) is 18.5 Å². The zero-order valence-electron chi connectivity index (χ0n) is 11.0. The second kappa shape index (κ2) is 7.59. The Balaban J connectivity index is 2.71. The van der Waals surface area contributed by atoms with E-state index >= 15 is 0 Å². The van der Waals surface area contributed by atoms with E-state index in [4.69, 9.17) is 4.74 Å². The Bertz CT molecular complexity index is 329. The molecular formula is C14H22BrNO. The maximum Gasteiger partial charge on any atom is 0.119 e. The van der Waals surface area contributed by atoms with Crippen molar-refractivity contribution in [3.8, 4) is 5.75 Å². The van der Waals surface area contributed by atoms with Gasteiger partial charge in [-0.05, 0) is 43.5 Å². The maximum atomic E-state index is 5.73. The molecule has 0 aliphatic rings. The van der Waals surface area contributed by atoms with Gasteiger partial charge in [0.25, 0.3) is 0 Å². The van der Waals surface area contributed by atoms with Gasteiger partial charge >= 0.3 is 0 Å². The van der Waals surface area contributed by atoms with Gasteiger partial charge in [-0.3, -0.25) is 0 Å². The lowest BCUT2D eigenvalue weighted by Gasteiger charge is -2.14. The number of aryl methyl sites for hydroxylation is 2. The van der Waals surface area contributed by atoms with E-state index < -0.39 is 0 Å². The smallest absolute Gasteiger partial charge is 0.119 e. The molecule has 0 saturated carbocycles. The Labute approximate surface area is 113 Å². The van der Waals surface area contributed by atoms with Crippen LogP contribution in [0.5, 0.6) is 5.75 Å². The van der Waals surface area contributed by atoms with Gasteiger partial charge in [0.2, 0.25) is 0 Å². The largest absolute Gasteiger partial charge is 0.494 e. The summed E-state index contributed by atoms with van der Waals surface area (Å²) in [5.41, 5.74) is 3.72. The predicted octanol–water partition coefficient (Wildman–Crippen LogP) is 4.29. The Hall–Kier alpha value is -0.700. The fraction of sp³-hybridized carbons (Fsp3) is 0.571. The third-order valence-corrected chi connectivity index (χ3v) is 3.07. The molecule has 17 heavy (non-hydrogen) atoms. The van der Waals surface area contributed by atoms with E-state index in [-0.39, 0.29) is 0 Å². The van der Waals surface area contributed by atoms with Crippen molar-refractivity contribution in [1.82, 2.24) is 0 Å². The molecule has 0 unspecified atom stereocenters. The second-order valence-electron chi connectivity index (χ2n) is 4.25. The second-order valence-corrected chi connectivity index (χ2v) is 5.04. The molecule has 0 spiro atoms. The molecular weight excluding hydrogens is 278 g/mol. The zero-order chi connectivity index (χ0) is 12.7. The topological polar surface area (TPSA) is 21.3 Å². The minimum Gasteiger partial charge on any atom is -0.494 e. The van der Waals surface area contributed by atoms with Crippen LogP contribution in [-0.2, 0) is 0 Å². The molecule has 0 amide bonds. The fourth-order valence-electron chi connectivity index (χ4n) is 1.79. The molecule has 96 valence electrons. The molecule has 1 N–H and O–H groups in total. The molecule has 0 atom stereocenters. The summed E-state index contributed by atoms with van der Waals surface area (Å²) in [6, 6.07) is 4.22. The van der Waals surface area contributed by atoms with E-state index in [1.165, 1.54) is 23.2 Å². The molecule has 2 nitrogen and oxygen atoms in total. The number of ether oxygens (including phenoxy) is 1. The van der Waals surface area contributed by atoms with E-state index in [1.54, 1.807) is 0 Å². The lowest BCUT2D eigenvalue weighted by molar-refractivity contribution is 0.309. The van der Waals surface area contributed by atoms with Crippen molar-refractivity contribution in [1.29, 1.82) is 0 Å². The molecule has 0 aliphatic heterocycles. The number of unbranched alkanes of at least 4 members (excludes halogenated alkanes) is 1. The van der Waals surface area contributed by atoms with Gasteiger partial charge in [0.15, 0.2) is 0 Å². The van der Waals surface area contributed by atoms with Crippen molar-refractivity contribution in [3.05, 3.63) is 23.3 Å². The normalized spacial score (nSPS) is 10.4. The van der Waals surface area contributed by atoms with Gasteiger partial charge in [0.1, 0.15) is 5.75 Å². The van der Waals surface area contributed by atoms with Crippen LogP contribution in [0.15, 0.2) is 12.1 Å². The van der Waals surface area contributed by atoms with Crippen LogP contribution in [0.3, 0.4) is 0 Å². The third-order valence-electron chi connectivity index (χ3n) is 2.67. The van der Waals surface area contributed by atoms with Gasteiger partial charge in [-0.15, -0.1) is 0 Å². The van der Waals surface area contributed by atoms with Crippen molar-refractivity contribution in [2.45, 2.75) is 33.6 Å². The first kappa shape index (κ1) is 14.4. The standard InChI is InChI=1S/C14H22BrNO/c1-4-5-8-17-13-9-11(2)14(12(3)10-13)16-7-6-15/h9-10,16H,4-8H2,1-3H3. The van der Waals surface area contributed by atoms with Crippen LogP contribution in [0, 0.1) is 13.8 Å². The zero-order valence-corrected chi connectivity index (χ0v) is 12.6. The SMILES string of the molecule is CCCCOc1cc(C)c(NCCBr)c(C)c1. The number of hydrogen-bond donors (Lipinski definition) is 1. The van der Waals surface area contributed by atoms with E-state index in [0.717, 1.165) is 30.7 Å².